The first-order valence-electron chi connectivity index (χ1n) is 12.6. The molecule has 1 saturated heterocycles. The third-order valence-electron chi connectivity index (χ3n) is 7.46. The number of aryl methyl sites for hydroxylation is 1. The second-order valence-corrected chi connectivity index (χ2v) is 9.83. The third kappa shape index (κ3) is 3.83. The molecule has 0 spiro atoms. The van der Waals surface area contributed by atoms with E-state index in [2.05, 4.69) is 53.7 Å². The van der Waals surface area contributed by atoms with Gasteiger partial charge in [-0.2, -0.15) is 5.10 Å². The SMILES string of the molecule is Cc1nnc2n1CCN(c1ccc3c(Oc4cn(C5CC5)nc4C4CCOCC4)ccnc3c1)C2. The molecule has 9 nitrogen and oxygen atoms in total. The Morgan fingerprint density at radius 3 is 2.74 bits per heavy atom. The van der Waals surface area contributed by atoms with Crippen LogP contribution in [-0.2, 0) is 17.8 Å². The van der Waals surface area contributed by atoms with E-state index in [0.29, 0.717) is 12.0 Å². The number of hydrogen-bond donors (Lipinski definition) is 0. The van der Waals surface area contributed by atoms with Crippen molar-refractivity contribution in [2.24, 2.45) is 0 Å². The normalized spacial score (nSPS) is 18.7. The van der Waals surface area contributed by atoms with E-state index in [-0.39, 0.29) is 0 Å². The van der Waals surface area contributed by atoms with Crippen LogP contribution < -0.4 is 9.64 Å². The fourth-order valence-corrected chi connectivity index (χ4v) is 5.29. The predicted molar refractivity (Wildman–Crippen MR) is 131 cm³/mol. The summed E-state index contributed by atoms with van der Waals surface area (Å²) in [5.74, 6) is 4.05. The molecular weight excluding hydrogens is 442 g/mol. The van der Waals surface area contributed by atoms with E-state index in [1.165, 1.54) is 12.8 Å². The van der Waals surface area contributed by atoms with Crippen LogP contribution in [0.3, 0.4) is 0 Å². The molecule has 4 aromatic rings. The summed E-state index contributed by atoms with van der Waals surface area (Å²) in [4.78, 5) is 7.00. The number of pyridine rings is 1. The summed E-state index contributed by atoms with van der Waals surface area (Å²) in [5.41, 5.74) is 3.12. The van der Waals surface area contributed by atoms with Gasteiger partial charge in [-0.25, -0.2) is 0 Å². The third-order valence-corrected chi connectivity index (χ3v) is 7.46. The number of ether oxygens (including phenoxy) is 2. The van der Waals surface area contributed by atoms with Gasteiger partial charge >= 0.3 is 0 Å². The highest BCUT2D eigenvalue weighted by Crippen LogP contribution is 2.41. The van der Waals surface area contributed by atoms with Gasteiger partial charge < -0.3 is 18.9 Å². The molecule has 0 amide bonds. The van der Waals surface area contributed by atoms with Crippen LogP contribution in [-0.4, -0.2) is 49.3 Å². The van der Waals surface area contributed by atoms with E-state index in [1.54, 1.807) is 0 Å². The van der Waals surface area contributed by atoms with E-state index < -0.39 is 0 Å². The molecule has 0 unspecified atom stereocenters. The lowest BCUT2D eigenvalue weighted by molar-refractivity contribution is 0.0839. The molecule has 9 heteroatoms. The Morgan fingerprint density at radius 2 is 1.89 bits per heavy atom. The van der Waals surface area contributed by atoms with E-state index in [4.69, 9.17) is 14.6 Å². The van der Waals surface area contributed by atoms with E-state index in [0.717, 1.165) is 91.1 Å². The lowest BCUT2D eigenvalue weighted by Gasteiger charge is -2.29. The minimum Gasteiger partial charge on any atom is -0.453 e. The van der Waals surface area contributed by atoms with Crippen LogP contribution in [0.1, 0.15) is 55.0 Å². The second kappa shape index (κ2) is 8.34. The zero-order valence-electron chi connectivity index (χ0n) is 19.9. The minimum absolute atomic E-state index is 0.378. The van der Waals surface area contributed by atoms with Crippen molar-refractivity contribution in [3.8, 4) is 11.5 Å². The smallest absolute Gasteiger partial charge is 0.168 e. The number of hydrogen-bond acceptors (Lipinski definition) is 7. The molecular formula is C26H29N7O2. The number of benzene rings is 1. The van der Waals surface area contributed by atoms with Crippen LogP contribution in [0.4, 0.5) is 5.69 Å². The number of rotatable bonds is 5. The van der Waals surface area contributed by atoms with Gasteiger partial charge in [0, 0.05) is 49.5 Å². The van der Waals surface area contributed by atoms with Crippen molar-refractivity contribution in [1.82, 2.24) is 29.5 Å². The predicted octanol–water partition coefficient (Wildman–Crippen LogP) is 4.37. The summed E-state index contributed by atoms with van der Waals surface area (Å²) in [6, 6.07) is 8.89. The topological polar surface area (TPSA) is 83.1 Å². The Balaban J connectivity index is 1.19. The van der Waals surface area contributed by atoms with Crippen molar-refractivity contribution >= 4 is 16.6 Å². The largest absolute Gasteiger partial charge is 0.453 e. The van der Waals surface area contributed by atoms with Gasteiger partial charge in [-0.1, -0.05) is 0 Å². The lowest BCUT2D eigenvalue weighted by atomic mass is 9.96. The van der Waals surface area contributed by atoms with Crippen molar-refractivity contribution in [1.29, 1.82) is 0 Å². The van der Waals surface area contributed by atoms with Gasteiger partial charge in [0.05, 0.1) is 24.3 Å². The van der Waals surface area contributed by atoms with Gasteiger partial charge in [0.1, 0.15) is 17.3 Å². The van der Waals surface area contributed by atoms with Gasteiger partial charge in [0.25, 0.3) is 0 Å². The fourth-order valence-electron chi connectivity index (χ4n) is 5.29. The highest BCUT2D eigenvalue weighted by Gasteiger charge is 2.30. The van der Waals surface area contributed by atoms with Crippen molar-refractivity contribution in [2.45, 2.75) is 57.7 Å². The Labute approximate surface area is 203 Å². The van der Waals surface area contributed by atoms with Crippen LogP contribution >= 0.6 is 0 Å². The first kappa shape index (κ1) is 20.9. The van der Waals surface area contributed by atoms with E-state index >= 15 is 0 Å². The van der Waals surface area contributed by atoms with E-state index in [1.807, 2.05) is 19.2 Å². The van der Waals surface area contributed by atoms with Crippen LogP contribution in [0.5, 0.6) is 11.5 Å². The molecule has 1 aromatic carbocycles. The Kier molecular flexibility index (Phi) is 4.97. The van der Waals surface area contributed by atoms with Gasteiger partial charge in [0.15, 0.2) is 11.6 Å². The highest BCUT2D eigenvalue weighted by molar-refractivity contribution is 5.88. The zero-order chi connectivity index (χ0) is 23.4. The molecule has 3 aliphatic rings. The van der Waals surface area contributed by atoms with Crippen LogP contribution in [0.25, 0.3) is 10.9 Å². The van der Waals surface area contributed by atoms with Crippen LogP contribution in [0, 0.1) is 6.92 Å². The molecule has 1 saturated carbocycles. The van der Waals surface area contributed by atoms with Gasteiger partial charge in [-0.3, -0.25) is 9.67 Å². The molecule has 5 heterocycles. The average Bonchev–Trinajstić information content (AvgIpc) is 3.57. The lowest BCUT2D eigenvalue weighted by Crippen LogP contribution is -2.34. The summed E-state index contributed by atoms with van der Waals surface area (Å²) in [5, 5.41) is 14.5. The second-order valence-electron chi connectivity index (χ2n) is 9.83. The molecule has 0 bridgehead atoms. The van der Waals surface area contributed by atoms with E-state index in [9.17, 15) is 0 Å². The van der Waals surface area contributed by atoms with Gasteiger partial charge in [-0.15, -0.1) is 10.2 Å². The van der Waals surface area contributed by atoms with Gasteiger partial charge in [-0.05, 0) is 56.9 Å². The van der Waals surface area contributed by atoms with Gasteiger partial charge in [0.2, 0.25) is 0 Å². The minimum atomic E-state index is 0.378. The number of fused-ring (bicyclic) bond motifs is 2. The standard InChI is InChI=1S/C26H29N7O2/c1-17-28-29-25-16-31(10-11-32(17)25)20-4-5-21-22(14-20)27-9-6-23(21)35-24-15-33(19-2-3-19)30-26(24)18-7-12-34-13-8-18/h4-6,9,14-15,18-19H,2-3,7-8,10-13,16H2,1H3. The Morgan fingerprint density at radius 1 is 1.00 bits per heavy atom. The number of nitrogens with zero attached hydrogens (tertiary/aromatic N) is 7. The quantitative estimate of drug-likeness (QED) is 0.427. The number of aromatic nitrogens is 6. The molecule has 0 N–H and O–H groups in total. The fraction of sp³-hybridized carbons (Fsp3) is 0.462. The molecule has 3 aromatic heterocycles. The van der Waals surface area contributed by atoms with Crippen molar-refractivity contribution in [3.63, 3.8) is 0 Å². The van der Waals surface area contributed by atoms with Crippen molar-refractivity contribution in [2.75, 3.05) is 24.7 Å². The molecule has 35 heavy (non-hydrogen) atoms. The maximum atomic E-state index is 6.57. The van der Waals surface area contributed by atoms with Crippen LogP contribution in [0.15, 0.2) is 36.7 Å². The molecule has 0 atom stereocenters. The average molecular weight is 472 g/mol. The first-order chi connectivity index (χ1) is 17.2. The highest BCUT2D eigenvalue weighted by atomic mass is 16.5. The maximum absolute atomic E-state index is 6.57. The maximum Gasteiger partial charge on any atom is 0.168 e. The summed E-state index contributed by atoms with van der Waals surface area (Å²) in [6.45, 7) is 6.14. The molecule has 2 aliphatic heterocycles. The molecule has 2 fully saturated rings. The molecule has 180 valence electrons. The summed E-state index contributed by atoms with van der Waals surface area (Å²) < 4.78 is 16.5. The summed E-state index contributed by atoms with van der Waals surface area (Å²) in [6.07, 6.45) is 8.29. The molecule has 1 aliphatic carbocycles. The molecule has 0 radical (unpaired) electrons. The first-order valence-corrected chi connectivity index (χ1v) is 12.6. The monoisotopic (exact) mass is 471 g/mol. The number of anilines is 1. The van der Waals surface area contributed by atoms with Crippen molar-refractivity contribution in [3.05, 3.63) is 54.0 Å². The summed E-state index contributed by atoms with van der Waals surface area (Å²) in [7, 11) is 0. The van der Waals surface area contributed by atoms with Crippen LogP contribution in [0.2, 0.25) is 0 Å². The Bertz CT molecular complexity index is 1380. The van der Waals surface area contributed by atoms with Crippen molar-refractivity contribution < 1.29 is 9.47 Å². The zero-order valence-corrected chi connectivity index (χ0v) is 19.9. The molecule has 7 rings (SSSR count). The Hall–Kier alpha value is -3.46. The summed E-state index contributed by atoms with van der Waals surface area (Å²) >= 11 is 0.